The molecule has 23 heavy (non-hydrogen) atoms. The topological polar surface area (TPSA) is 58.9 Å². The van der Waals surface area contributed by atoms with Crippen molar-refractivity contribution in [1.82, 2.24) is 20.4 Å². The zero-order valence-corrected chi connectivity index (χ0v) is 14.9. The number of nitrogens with one attached hydrogen (secondary N) is 2. The van der Waals surface area contributed by atoms with Crippen LogP contribution < -0.4 is 10.6 Å². The molecule has 126 valence electrons. The Labute approximate surface area is 147 Å². The molecule has 0 radical (unpaired) electrons. The molecule has 1 heterocycles. The van der Waals surface area contributed by atoms with Crippen LogP contribution in [0.1, 0.15) is 23.7 Å². The van der Waals surface area contributed by atoms with Gasteiger partial charge in [-0.05, 0) is 19.0 Å². The predicted molar refractivity (Wildman–Crippen MR) is 96.4 cm³/mol. The Morgan fingerprint density at radius 1 is 1.26 bits per heavy atom. The number of hydrogen-bond acceptors (Lipinski definition) is 3. The molecular weight excluding hydrogens is 335 g/mol. The Morgan fingerprint density at radius 3 is 2.70 bits per heavy atom. The first-order chi connectivity index (χ1) is 10.6. The molecule has 0 saturated carbocycles. The SMILES string of the molecule is CCCNCCNC(=O)c1cn(C)nc1-c1ccccc1Cl.Cl. The van der Waals surface area contributed by atoms with Crippen LogP contribution in [-0.4, -0.2) is 35.3 Å². The summed E-state index contributed by atoms with van der Waals surface area (Å²) in [5.41, 5.74) is 1.90. The van der Waals surface area contributed by atoms with Gasteiger partial charge in [-0.2, -0.15) is 5.10 Å². The Balaban J connectivity index is 0.00000264. The van der Waals surface area contributed by atoms with Gasteiger partial charge in [-0.15, -0.1) is 12.4 Å². The number of aryl methyl sites for hydroxylation is 1. The third-order valence-electron chi connectivity index (χ3n) is 3.22. The highest BCUT2D eigenvalue weighted by molar-refractivity contribution is 6.33. The molecule has 5 nitrogen and oxygen atoms in total. The average molecular weight is 357 g/mol. The van der Waals surface area contributed by atoms with Gasteiger partial charge in [0.1, 0.15) is 5.69 Å². The quantitative estimate of drug-likeness (QED) is 0.749. The zero-order chi connectivity index (χ0) is 15.9. The van der Waals surface area contributed by atoms with Crippen LogP contribution >= 0.6 is 24.0 Å². The number of amides is 1. The third-order valence-corrected chi connectivity index (χ3v) is 3.55. The van der Waals surface area contributed by atoms with Crippen LogP contribution in [0.15, 0.2) is 30.5 Å². The molecule has 0 aliphatic heterocycles. The standard InChI is InChI=1S/C16H21ClN4O.ClH/c1-3-8-18-9-10-19-16(22)13-11-21(2)20-15(13)12-6-4-5-7-14(12)17;/h4-7,11,18H,3,8-10H2,1-2H3,(H,19,22);1H. The van der Waals surface area contributed by atoms with Crippen LogP contribution in [0, 0.1) is 0 Å². The maximum absolute atomic E-state index is 12.4. The van der Waals surface area contributed by atoms with Crippen molar-refractivity contribution in [2.45, 2.75) is 13.3 Å². The van der Waals surface area contributed by atoms with E-state index in [0.717, 1.165) is 25.1 Å². The molecule has 1 aromatic carbocycles. The van der Waals surface area contributed by atoms with Crippen molar-refractivity contribution in [1.29, 1.82) is 0 Å². The van der Waals surface area contributed by atoms with E-state index in [-0.39, 0.29) is 18.3 Å². The van der Waals surface area contributed by atoms with Crippen LogP contribution in [0.2, 0.25) is 5.02 Å². The number of nitrogens with zero attached hydrogens (tertiary/aromatic N) is 2. The molecule has 2 aromatic rings. The Hall–Kier alpha value is -1.56. The van der Waals surface area contributed by atoms with Crippen molar-refractivity contribution >= 4 is 29.9 Å². The summed E-state index contributed by atoms with van der Waals surface area (Å²) in [5.74, 6) is -0.138. The smallest absolute Gasteiger partial charge is 0.255 e. The first-order valence-corrected chi connectivity index (χ1v) is 7.78. The molecule has 2 N–H and O–H groups in total. The predicted octanol–water partition coefficient (Wildman–Crippen LogP) is 2.89. The van der Waals surface area contributed by atoms with Gasteiger partial charge >= 0.3 is 0 Å². The zero-order valence-electron chi connectivity index (χ0n) is 13.3. The van der Waals surface area contributed by atoms with Crippen molar-refractivity contribution in [3.8, 4) is 11.3 Å². The maximum Gasteiger partial charge on any atom is 0.255 e. The number of hydrogen-bond donors (Lipinski definition) is 2. The van der Waals surface area contributed by atoms with Gasteiger partial charge in [-0.3, -0.25) is 9.48 Å². The highest BCUT2D eigenvalue weighted by Gasteiger charge is 2.18. The number of halogens is 2. The molecule has 0 unspecified atom stereocenters. The van der Waals surface area contributed by atoms with Crippen LogP contribution in [0.4, 0.5) is 0 Å². The monoisotopic (exact) mass is 356 g/mol. The van der Waals surface area contributed by atoms with E-state index in [1.54, 1.807) is 24.0 Å². The van der Waals surface area contributed by atoms with Crippen LogP contribution in [0.25, 0.3) is 11.3 Å². The summed E-state index contributed by atoms with van der Waals surface area (Å²) < 4.78 is 1.63. The second-order valence-corrected chi connectivity index (χ2v) is 5.46. The molecule has 0 aliphatic rings. The van der Waals surface area contributed by atoms with Gasteiger partial charge in [-0.1, -0.05) is 36.7 Å². The van der Waals surface area contributed by atoms with Crippen molar-refractivity contribution in [2.75, 3.05) is 19.6 Å². The van der Waals surface area contributed by atoms with E-state index in [4.69, 9.17) is 11.6 Å². The summed E-state index contributed by atoms with van der Waals surface area (Å²) in [6.07, 6.45) is 2.79. The van der Waals surface area contributed by atoms with Gasteiger partial charge in [0.05, 0.1) is 10.6 Å². The lowest BCUT2D eigenvalue weighted by Crippen LogP contribution is -2.32. The van der Waals surface area contributed by atoms with Crippen LogP contribution in [-0.2, 0) is 7.05 Å². The summed E-state index contributed by atoms with van der Waals surface area (Å²) in [5, 5.41) is 11.1. The minimum atomic E-state index is -0.138. The highest BCUT2D eigenvalue weighted by atomic mass is 35.5. The maximum atomic E-state index is 12.4. The molecule has 0 atom stereocenters. The Morgan fingerprint density at radius 2 is 2.00 bits per heavy atom. The van der Waals surface area contributed by atoms with Crippen molar-refractivity contribution in [3.63, 3.8) is 0 Å². The van der Waals surface area contributed by atoms with E-state index in [9.17, 15) is 4.79 Å². The van der Waals surface area contributed by atoms with E-state index in [1.807, 2.05) is 18.2 Å². The molecule has 0 saturated heterocycles. The number of benzene rings is 1. The summed E-state index contributed by atoms with van der Waals surface area (Å²) in [6, 6.07) is 7.40. The average Bonchev–Trinajstić information content (AvgIpc) is 2.89. The number of aromatic nitrogens is 2. The van der Waals surface area contributed by atoms with E-state index >= 15 is 0 Å². The Bertz CT molecular complexity index is 643. The number of carbonyl (C=O) groups excluding carboxylic acids is 1. The highest BCUT2D eigenvalue weighted by Crippen LogP contribution is 2.28. The van der Waals surface area contributed by atoms with Gasteiger partial charge in [0.25, 0.3) is 5.91 Å². The molecule has 0 bridgehead atoms. The lowest BCUT2D eigenvalue weighted by atomic mass is 10.1. The molecule has 1 amide bonds. The lowest BCUT2D eigenvalue weighted by molar-refractivity contribution is 0.0954. The van der Waals surface area contributed by atoms with Crippen molar-refractivity contribution in [3.05, 3.63) is 41.0 Å². The first-order valence-electron chi connectivity index (χ1n) is 7.41. The number of carbonyl (C=O) groups is 1. The van der Waals surface area contributed by atoms with Crippen LogP contribution in [0.5, 0.6) is 0 Å². The molecule has 0 spiro atoms. The van der Waals surface area contributed by atoms with Crippen LogP contribution in [0.3, 0.4) is 0 Å². The Kier molecular flexibility index (Phi) is 8.09. The minimum absolute atomic E-state index is 0. The van der Waals surface area contributed by atoms with Crippen molar-refractivity contribution < 1.29 is 4.79 Å². The number of rotatable bonds is 7. The normalized spacial score (nSPS) is 10.2. The molecule has 2 rings (SSSR count). The lowest BCUT2D eigenvalue weighted by Gasteiger charge is -2.07. The van der Waals surface area contributed by atoms with Gasteiger partial charge in [0.2, 0.25) is 0 Å². The van der Waals surface area contributed by atoms with Gasteiger partial charge in [-0.25, -0.2) is 0 Å². The van der Waals surface area contributed by atoms with Gasteiger partial charge in [0, 0.05) is 31.9 Å². The molecular formula is C16H22Cl2N4O. The third kappa shape index (κ3) is 5.23. The second kappa shape index (κ2) is 9.55. The fourth-order valence-electron chi connectivity index (χ4n) is 2.17. The van der Waals surface area contributed by atoms with E-state index in [2.05, 4.69) is 22.7 Å². The molecule has 1 aromatic heterocycles. The summed E-state index contributed by atoms with van der Waals surface area (Å²) in [6.45, 7) is 4.39. The van der Waals surface area contributed by atoms with E-state index in [1.165, 1.54) is 0 Å². The fraction of sp³-hybridized carbons (Fsp3) is 0.375. The van der Waals surface area contributed by atoms with Gasteiger partial charge in [0.15, 0.2) is 0 Å². The first kappa shape index (κ1) is 19.5. The molecule has 7 heteroatoms. The fourth-order valence-corrected chi connectivity index (χ4v) is 2.39. The summed E-state index contributed by atoms with van der Waals surface area (Å²) in [7, 11) is 1.79. The summed E-state index contributed by atoms with van der Waals surface area (Å²) in [4.78, 5) is 12.4. The van der Waals surface area contributed by atoms with E-state index < -0.39 is 0 Å². The second-order valence-electron chi connectivity index (χ2n) is 5.05. The van der Waals surface area contributed by atoms with Crippen molar-refractivity contribution in [2.24, 2.45) is 7.05 Å². The van der Waals surface area contributed by atoms with E-state index in [0.29, 0.717) is 22.8 Å². The largest absolute Gasteiger partial charge is 0.351 e. The molecule has 0 aliphatic carbocycles. The minimum Gasteiger partial charge on any atom is -0.351 e. The summed E-state index contributed by atoms with van der Waals surface area (Å²) >= 11 is 6.22. The molecule has 0 fully saturated rings. The van der Waals surface area contributed by atoms with Gasteiger partial charge < -0.3 is 10.6 Å².